The molecule has 0 aromatic heterocycles. The van der Waals surface area contributed by atoms with Crippen molar-refractivity contribution < 1.29 is 14.0 Å². The van der Waals surface area contributed by atoms with Crippen molar-refractivity contribution in [3.05, 3.63) is 71.5 Å². The highest BCUT2D eigenvalue weighted by Gasteiger charge is 2.23. The van der Waals surface area contributed by atoms with Crippen molar-refractivity contribution in [3.63, 3.8) is 0 Å². The minimum Gasteiger partial charge on any atom is -0.349 e. The van der Waals surface area contributed by atoms with Gasteiger partial charge in [-0.25, -0.2) is 9.18 Å². The van der Waals surface area contributed by atoms with Crippen LogP contribution >= 0.6 is 11.8 Å². The monoisotopic (exact) mass is 415 g/mol. The van der Waals surface area contributed by atoms with Gasteiger partial charge in [-0.1, -0.05) is 36.4 Å². The molecule has 1 saturated heterocycles. The number of thioether (sulfide) groups is 1. The quantitative estimate of drug-likeness (QED) is 0.679. The van der Waals surface area contributed by atoms with Crippen molar-refractivity contribution >= 4 is 23.7 Å². The summed E-state index contributed by atoms with van der Waals surface area (Å²) >= 11 is 1.59. The van der Waals surface area contributed by atoms with Crippen LogP contribution in [0.4, 0.5) is 9.18 Å². The molecule has 3 amide bonds. The molecule has 3 rings (SSSR count). The van der Waals surface area contributed by atoms with Gasteiger partial charge in [0.1, 0.15) is 5.82 Å². The van der Waals surface area contributed by atoms with Crippen LogP contribution in [0.2, 0.25) is 0 Å². The molecule has 2 N–H and O–H groups in total. The molecule has 5 nitrogen and oxygen atoms in total. The topological polar surface area (TPSA) is 61.4 Å². The average Bonchev–Trinajstić information content (AvgIpc) is 2.75. The molecule has 1 heterocycles. The average molecular weight is 416 g/mol. The van der Waals surface area contributed by atoms with Crippen molar-refractivity contribution in [1.82, 2.24) is 15.5 Å². The standard InChI is InChI=1S/C22H26FN3O2S/c23-20-9-5-4-8-18(20)16-29-15-12-24-22(28)26-13-10-19(11-14-26)25-21(27)17-6-2-1-3-7-17/h1-9,19H,10-16H2,(H,24,28)(H,25,27). The zero-order chi connectivity index (χ0) is 20.5. The lowest BCUT2D eigenvalue weighted by Crippen LogP contribution is -2.49. The first kappa shape index (κ1) is 21.2. The fourth-order valence-corrected chi connectivity index (χ4v) is 4.07. The summed E-state index contributed by atoms with van der Waals surface area (Å²) in [5.74, 6) is 1.06. The number of carbonyl (C=O) groups excluding carboxylic acids is 2. The largest absolute Gasteiger partial charge is 0.349 e. The van der Waals surface area contributed by atoms with E-state index in [1.54, 1.807) is 40.9 Å². The van der Waals surface area contributed by atoms with Gasteiger partial charge in [0.2, 0.25) is 0 Å². The van der Waals surface area contributed by atoms with Gasteiger partial charge in [0.15, 0.2) is 0 Å². The number of benzene rings is 2. The number of amides is 3. The van der Waals surface area contributed by atoms with Crippen LogP contribution in [0.3, 0.4) is 0 Å². The Morgan fingerprint density at radius 3 is 2.45 bits per heavy atom. The molecular weight excluding hydrogens is 389 g/mol. The van der Waals surface area contributed by atoms with Gasteiger partial charge in [0.25, 0.3) is 5.91 Å². The van der Waals surface area contributed by atoms with E-state index in [4.69, 9.17) is 0 Å². The Balaban J connectivity index is 1.31. The summed E-state index contributed by atoms with van der Waals surface area (Å²) in [5.41, 5.74) is 1.34. The Bertz CT molecular complexity index is 811. The number of nitrogens with zero attached hydrogens (tertiary/aromatic N) is 1. The maximum atomic E-state index is 13.6. The van der Waals surface area contributed by atoms with Gasteiger partial charge in [-0.3, -0.25) is 4.79 Å². The van der Waals surface area contributed by atoms with E-state index in [9.17, 15) is 14.0 Å². The molecule has 154 valence electrons. The summed E-state index contributed by atoms with van der Waals surface area (Å²) in [5, 5.41) is 5.96. The predicted octanol–water partition coefficient (Wildman–Crippen LogP) is 3.66. The molecular formula is C22H26FN3O2S. The Morgan fingerprint density at radius 2 is 1.72 bits per heavy atom. The molecule has 0 spiro atoms. The molecule has 0 aliphatic carbocycles. The molecule has 2 aromatic carbocycles. The van der Waals surface area contributed by atoms with E-state index < -0.39 is 0 Å². The lowest BCUT2D eigenvalue weighted by atomic mass is 10.0. The van der Waals surface area contributed by atoms with E-state index in [1.165, 1.54) is 6.07 Å². The summed E-state index contributed by atoms with van der Waals surface area (Å²) in [7, 11) is 0. The molecule has 7 heteroatoms. The fourth-order valence-electron chi connectivity index (χ4n) is 3.22. The highest BCUT2D eigenvalue weighted by atomic mass is 32.2. The summed E-state index contributed by atoms with van der Waals surface area (Å²) in [4.78, 5) is 26.3. The van der Waals surface area contributed by atoms with Gasteiger partial charge < -0.3 is 15.5 Å². The maximum absolute atomic E-state index is 13.6. The molecule has 1 fully saturated rings. The van der Waals surface area contributed by atoms with Crippen LogP contribution < -0.4 is 10.6 Å². The summed E-state index contributed by atoms with van der Waals surface area (Å²) in [6.45, 7) is 1.78. The molecule has 0 bridgehead atoms. The first-order valence-corrected chi connectivity index (χ1v) is 11.0. The van der Waals surface area contributed by atoms with Crippen LogP contribution in [-0.2, 0) is 5.75 Å². The number of likely N-dealkylation sites (tertiary alicyclic amines) is 1. The second-order valence-corrected chi connectivity index (χ2v) is 8.08. The van der Waals surface area contributed by atoms with E-state index in [0.29, 0.717) is 36.5 Å². The van der Waals surface area contributed by atoms with E-state index >= 15 is 0 Å². The van der Waals surface area contributed by atoms with E-state index in [2.05, 4.69) is 10.6 Å². The third-order valence-corrected chi connectivity index (χ3v) is 5.90. The van der Waals surface area contributed by atoms with Gasteiger partial charge >= 0.3 is 6.03 Å². The van der Waals surface area contributed by atoms with Crippen LogP contribution in [0.1, 0.15) is 28.8 Å². The van der Waals surface area contributed by atoms with Gasteiger partial charge in [0, 0.05) is 42.7 Å². The highest BCUT2D eigenvalue weighted by molar-refractivity contribution is 7.98. The van der Waals surface area contributed by atoms with Crippen LogP contribution in [0, 0.1) is 5.82 Å². The number of urea groups is 1. The van der Waals surface area contributed by atoms with Gasteiger partial charge in [-0.15, -0.1) is 0 Å². The van der Waals surface area contributed by atoms with E-state index in [-0.39, 0.29) is 23.8 Å². The number of rotatable bonds is 7. The minimum atomic E-state index is -0.189. The highest BCUT2D eigenvalue weighted by Crippen LogP contribution is 2.15. The third kappa shape index (κ3) is 6.49. The van der Waals surface area contributed by atoms with Gasteiger partial charge in [-0.05, 0) is 36.6 Å². The lowest BCUT2D eigenvalue weighted by molar-refractivity contribution is 0.0918. The molecule has 0 unspecified atom stereocenters. The van der Waals surface area contributed by atoms with Crippen molar-refractivity contribution in [2.24, 2.45) is 0 Å². The van der Waals surface area contributed by atoms with Gasteiger partial charge in [-0.2, -0.15) is 11.8 Å². The molecule has 1 aliphatic rings. The van der Waals surface area contributed by atoms with E-state index in [1.807, 2.05) is 24.3 Å². The van der Waals surface area contributed by atoms with Crippen molar-refractivity contribution in [1.29, 1.82) is 0 Å². The predicted molar refractivity (Wildman–Crippen MR) is 114 cm³/mol. The second kappa shape index (κ2) is 10.9. The van der Waals surface area contributed by atoms with Crippen LogP contribution in [-0.4, -0.2) is 48.3 Å². The molecule has 1 aliphatic heterocycles. The van der Waals surface area contributed by atoms with Crippen molar-refractivity contribution in [2.45, 2.75) is 24.6 Å². The summed E-state index contributed by atoms with van der Waals surface area (Å²) in [6, 6.07) is 15.9. The van der Waals surface area contributed by atoms with Gasteiger partial charge in [0.05, 0.1) is 0 Å². The molecule has 2 aromatic rings. The van der Waals surface area contributed by atoms with Crippen molar-refractivity contribution in [2.75, 3.05) is 25.4 Å². The SMILES string of the molecule is O=C(NC1CCN(C(=O)NCCSCc2ccccc2F)CC1)c1ccccc1. The molecule has 0 atom stereocenters. The summed E-state index contributed by atoms with van der Waals surface area (Å²) < 4.78 is 13.6. The Kier molecular flexibility index (Phi) is 7.93. The van der Waals surface area contributed by atoms with Crippen molar-refractivity contribution in [3.8, 4) is 0 Å². The first-order valence-electron chi connectivity index (χ1n) is 9.83. The molecule has 0 radical (unpaired) electrons. The Morgan fingerprint density at radius 1 is 1.03 bits per heavy atom. The number of hydrogen-bond acceptors (Lipinski definition) is 3. The smallest absolute Gasteiger partial charge is 0.317 e. The fraction of sp³-hybridized carbons (Fsp3) is 0.364. The number of piperidine rings is 1. The Hall–Kier alpha value is -2.54. The maximum Gasteiger partial charge on any atom is 0.317 e. The number of halogens is 1. The lowest BCUT2D eigenvalue weighted by Gasteiger charge is -2.32. The zero-order valence-corrected chi connectivity index (χ0v) is 17.1. The Labute approximate surface area is 175 Å². The minimum absolute atomic E-state index is 0.0691. The number of hydrogen-bond donors (Lipinski definition) is 2. The van der Waals surface area contributed by atoms with Crippen LogP contribution in [0.25, 0.3) is 0 Å². The first-order chi connectivity index (χ1) is 14.1. The normalized spacial score (nSPS) is 14.4. The molecule has 0 saturated carbocycles. The number of carbonyl (C=O) groups is 2. The number of nitrogens with one attached hydrogen (secondary N) is 2. The van der Waals surface area contributed by atoms with Crippen LogP contribution in [0.5, 0.6) is 0 Å². The third-order valence-electron chi connectivity index (χ3n) is 4.89. The van der Waals surface area contributed by atoms with E-state index in [0.717, 1.165) is 18.6 Å². The molecule has 29 heavy (non-hydrogen) atoms. The zero-order valence-electron chi connectivity index (χ0n) is 16.3. The summed E-state index contributed by atoms with van der Waals surface area (Å²) in [6.07, 6.45) is 1.49. The van der Waals surface area contributed by atoms with Crippen LogP contribution in [0.15, 0.2) is 54.6 Å². The second-order valence-electron chi connectivity index (χ2n) is 6.98.